The molecule has 31 heavy (non-hydrogen) atoms. The Labute approximate surface area is 191 Å². The summed E-state index contributed by atoms with van der Waals surface area (Å²) in [7, 11) is 0. The fraction of sp³-hybridized carbons (Fsp3) is 0.929. The molecule has 0 aliphatic heterocycles. The summed E-state index contributed by atoms with van der Waals surface area (Å²) in [6.07, 6.45) is 13.9. The minimum absolute atomic E-state index is 0.157. The van der Waals surface area contributed by atoms with Crippen LogP contribution in [0.25, 0.3) is 0 Å². The molecule has 3 nitrogen and oxygen atoms in total. The molecule has 0 radical (unpaired) electrons. The van der Waals surface area contributed by atoms with Gasteiger partial charge in [0.15, 0.2) is 0 Å². The highest BCUT2D eigenvalue weighted by molar-refractivity contribution is 5.31. The van der Waals surface area contributed by atoms with E-state index in [4.69, 9.17) is 4.89 Å². The Kier molecular flexibility index (Phi) is 6.47. The van der Waals surface area contributed by atoms with Crippen molar-refractivity contribution < 1.29 is 15.3 Å². The molecule has 0 aromatic heterocycles. The third kappa shape index (κ3) is 3.85. The van der Waals surface area contributed by atoms with E-state index < -0.39 is 5.60 Å². The van der Waals surface area contributed by atoms with Gasteiger partial charge in [0.1, 0.15) is 5.60 Å². The highest BCUT2D eigenvalue weighted by atomic mass is 17.1. The normalized spacial score (nSPS) is 48.0. The molecule has 9 atom stereocenters. The van der Waals surface area contributed by atoms with E-state index in [1.165, 1.54) is 50.5 Å². The van der Waals surface area contributed by atoms with Gasteiger partial charge in [0.2, 0.25) is 0 Å². The van der Waals surface area contributed by atoms with Crippen LogP contribution in [0, 0.1) is 46.3 Å². The maximum absolute atomic E-state index is 10.3. The quantitative estimate of drug-likeness (QED) is 0.264. The van der Waals surface area contributed by atoms with Gasteiger partial charge in [0, 0.05) is 5.92 Å². The summed E-state index contributed by atoms with van der Waals surface area (Å²) in [4.78, 5) is 5.36. The van der Waals surface area contributed by atoms with Gasteiger partial charge in [-0.3, -0.25) is 5.26 Å². The Hall–Kier alpha value is -0.380. The van der Waals surface area contributed by atoms with Gasteiger partial charge in [-0.2, -0.15) is 0 Å². The Bertz CT molecular complexity index is 686. The number of rotatable bonds is 6. The van der Waals surface area contributed by atoms with Crippen molar-refractivity contribution in [2.24, 2.45) is 46.3 Å². The second-order valence-electron chi connectivity index (χ2n) is 13.0. The molecule has 4 aliphatic rings. The minimum Gasteiger partial charge on any atom is -0.393 e. The van der Waals surface area contributed by atoms with Crippen LogP contribution in [-0.2, 0) is 4.89 Å². The van der Waals surface area contributed by atoms with Crippen LogP contribution in [0.15, 0.2) is 11.6 Å². The molecule has 3 heteroatoms. The molecule has 0 spiro atoms. The Balaban J connectivity index is 1.61. The Morgan fingerprint density at radius 1 is 1.00 bits per heavy atom. The summed E-state index contributed by atoms with van der Waals surface area (Å²) in [5.41, 5.74) is 1.22. The molecule has 0 heterocycles. The van der Waals surface area contributed by atoms with Crippen molar-refractivity contribution in [1.29, 1.82) is 0 Å². The number of aliphatic hydroxyl groups is 1. The fourth-order valence-corrected chi connectivity index (χ4v) is 9.07. The van der Waals surface area contributed by atoms with E-state index in [9.17, 15) is 10.4 Å². The molecule has 1 unspecified atom stereocenters. The second kappa shape index (κ2) is 8.44. The highest BCUT2D eigenvalue weighted by Gasteiger charge is 2.64. The summed E-state index contributed by atoms with van der Waals surface area (Å²) >= 11 is 0. The van der Waals surface area contributed by atoms with E-state index >= 15 is 0 Å². The van der Waals surface area contributed by atoms with Crippen molar-refractivity contribution in [3.63, 3.8) is 0 Å². The molecule has 0 amide bonds. The second-order valence-corrected chi connectivity index (χ2v) is 13.0. The smallest absolute Gasteiger partial charge is 0.122 e. The zero-order valence-corrected chi connectivity index (χ0v) is 21.0. The van der Waals surface area contributed by atoms with Gasteiger partial charge in [-0.15, -0.1) is 0 Å². The van der Waals surface area contributed by atoms with Gasteiger partial charge in [0.25, 0.3) is 0 Å². The summed E-state index contributed by atoms with van der Waals surface area (Å²) in [6.45, 7) is 14.3. The number of hydrogen-bond acceptors (Lipinski definition) is 3. The first kappa shape index (κ1) is 23.8. The van der Waals surface area contributed by atoms with Gasteiger partial charge >= 0.3 is 0 Å². The topological polar surface area (TPSA) is 49.7 Å². The predicted molar refractivity (Wildman–Crippen MR) is 127 cm³/mol. The van der Waals surface area contributed by atoms with Crippen LogP contribution in [0.4, 0.5) is 0 Å². The van der Waals surface area contributed by atoms with E-state index in [0.717, 1.165) is 37.0 Å². The first-order chi connectivity index (χ1) is 14.5. The Morgan fingerprint density at radius 2 is 1.74 bits per heavy atom. The van der Waals surface area contributed by atoms with Crippen molar-refractivity contribution >= 4 is 0 Å². The molecule has 4 rings (SSSR count). The van der Waals surface area contributed by atoms with Crippen LogP contribution in [-0.4, -0.2) is 22.1 Å². The van der Waals surface area contributed by atoms with Crippen LogP contribution >= 0.6 is 0 Å². The maximum Gasteiger partial charge on any atom is 0.122 e. The monoisotopic (exact) mass is 432 g/mol. The molecule has 0 bridgehead atoms. The summed E-state index contributed by atoms with van der Waals surface area (Å²) in [6, 6.07) is 0. The van der Waals surface area contributed by atoms with Crippen LogP contribution in [0.1, 0.15) is 106 Å². The number of hydrogen-bond donors (Lipinski definition) is 2. The fourth-order valence-electron chi connectivity index (χ4n) is 9.07. The zero-order valence-electron chi connectivity index (χ0n) is 21.0. The number of fused-ring (bicyclic) bond motifs is 5. The first-order valence-corrected chi connectivity index (χ1v) is 13.3. The van der Waals surface area contributed by atoms with Crippen molar-refractivity contribution in [2.45, 2.75) is 117 Å². The molecule has 3 saturated carbocycles. The lowest BCUT2D eigenvalue weighted by Gasteiger charge is -2.62. The standard InChI is InChI=1S/C28H48O3/c1-18(2)8-7-9-19(3)22-10-11-23-25-24(13-15-27(22,23)5)26(4)14-12-21(29)16-20(26)17-28(25,6)31-30/h17-19,21-25,29-30H,7-16H2,1-6H3/t19-,21+,22-,23+,24+,25+,26+,27-,28?/m1/s1. The molecule has 0 aromatic carbocycles. The van der Waals surface area contributed by atoms with Gasteiger partial charge in [-0.1, -0.05) is 59.5 Å². The van der Waals surface area contributed by atoms with Crippen LogP contribution < -0.4 is 0 Å². The van der Waals surface area contributed by atoms with Crippen LogP contribution in [0.2, 0.25) is 0 Å². The van der Waals surface area contributed by atoms with Crippen molar-refractivity contribution in [2.75, 3.05) is 0 Å². The third-order valence-electron chi connectivity index (χ3n) is 10.8. The lowest BCUT2D eigenvalue weighted by molar-refractivity contribution is -0.336. The number of aliphatic hydroxyl groups excluding tert-OH is 1. The van der Waals surface area contributed by atoms with Gasteiger partial charge in [-0.25, -0.2) is 4.89 Å². The molecule has 178 valence electrons. The van der Waals surface area contributed by atoms with E-state index in [0.29, 0.717) is 23.2 Å². The van der Waals surface area contributed by atoms with E-state index in [-0.39, 0.29) is 11.5 Å². The third-order valence-corrected chi connectivity index (χ3v) is 10.8. The average molecular weight is 433 g/mol. The molecule has 2 N–H and O–H groups in total. The predicted octanol–water partition coefficient (Wildman–Crippen LogP) is 7.25. The van der Waals surface area contributed by atoms with Crippen molar-refractivity contribution in [1.82, 2.24) is 0 Å². The van der Waals surface area contributed by atoms with Gasteiger partial charge in [0.05, 0.1) is 6.10 Å². The molecular weight excluding hydrogens is 384 g/mol. The highest BCUT2D eigenvalue weighted by Crippen LogP contribution is 2.69. The van der Waals surface area contributed by atoms with E-state index in [2.05, 4.69) is 47.6 Å². The van der Waals surface area contributed by atoms with Crippen molar-refractivity contribution in [3.05, 3.63) is 11.6 Å². The SMILES string of the molecule is CC(C)CCC[C@@H](C)[C@H]1CC[C@H]2[C@H]3[C@H](CC[C@]12C)[C@@]1(C)CC[C@H](O)CC1=CC3(C)OO. The molecule has 4 aliphatic carbocycles. The summed E-state index contributed by atoms with van der Waals surface area (Å²) in [5.74, 6) is 3.90. The lowest BCUT2D eigenvalue weighted by Crippen LogP contribution is -2.59. The van der Waals surface area contributed by atoms with Gasteiger partial charge in [-0.05, 0) is 98.4 Å². The van der Waals surface area contributed by atoms with Crippen LogP contribution in [0.3, 0.4) is 0 Å². The van der Waals surface area contributed by atoms with E-state index in [1.807, 2.05) is 0 Å². The molecular formula is C28H48O3. The zero-order chi connectivity index (χ0) is 22.6. The summed E-state index contributed by atoms with van der Waals surface area (Å²) < 4.78 is 0. The first-order valence-electron chi connectivity index (χ1n) is 13.3. The maximum atomic E-state index is 10.3. The lowest BCUT2D eigenvalue weighted by atomic mass is 9.44. The molecule has 0 saturated heterocycles. The van der Waals surface area contributed by atoms with Gasteiger partial charge < -0.3 is 5.11 Å². The summed E-state index contributed by atoms with van der Waals surface area (Å²) in [5, 5.41) is 20.5. The average Bonchev–Trinajstić information content (AvgIpc) is 3.06. The Morgan fingerprint density at radius 3 is 2.42 bits per heavy atom. The van der Waals surface area contributed by atoms with E-state index in [1.54, 1.807) is 0 Å². The van der Waals surface area contributed by atoms with Crippen molar-refractivity contribution in [3.8, 4) is 0 Å². The van der Waals surface area contributed by atoms with Crippen LogP contribution in [0.5, 0.6) is 0 Å². The largest absolute Gasteiger partial charge is 0.393 e. The minimum atomic E-state index is -0.626. The molecule has 0 aromatic rings. The molecule has 3 fully saturated rings.